The molecule has 9 nitrogen and oxygen atoms in total. The van der Waals surface area contributed by atoms with Gasteiger partial charge < -0.3 is 30.6 Å². The van der Waals surface area contributed by atoms with Gasteiger partial charge in [0.1, 0.15) is 11.4 Å². The Bertz CT molecular complexity index is 884. The van der Waals surface area contributed by atoms with Gasteiger partial charge in [-0.15, -0.1) is 0 Å². The molecule has 1 atom stereocenters. The van der Waals surface area contributed by atoms with Crippen molar-refractivity contribution in [1.29, 1.82) is 0 Å². The molecule has 29 heavy (non-hydrogen) atoms. The van der Waals surface area contributed by atoms with E-state index in [4.69, 9.17) is 5.11 Å². The number of hydrogen-bond donors (Lipinski definition) is 4. The molecular formula is C20H26N6O3. The number of aliphatic hydroxyl groups excluding tert-OH is 2. The summed E-state index contributed by atoms with van der Waals surface area (Å²) in [6.07, 6.45) is 2.14. The van der Waals surface area contributed by atoms with Gasteiger partial charge in [0.2, 0.25) is 11.9 Å². The number of para-hydroxylation sites is 2. The second-order valence-electron chi connectivity index (χ2n) is 7.63. The van der Waals surface area contributed by atoms with E-state index in [1.165, 1.54) is 0 Å². The maximum atomic E-state index is 12.8. The predicted octanol–water partition coefficient (Wildman–Crippen LogP) is 0.669. The number of hydrogen-bond acceptors (Lipinski definition) is 8. The van der Waals surface area contributed by atoms with E-state index in [2.05, 4.69) is 25.5 Å². The number of benzene rings is 1. The van der Waals surface area contributed by atoms with Crippen molar-refractivity contribution in [2.75, 3.05) is 53.7 Å². The van der Waals surface area contributed by atoms with E-state index in [0.29, 0.717) is 37.7 Å². The van der Waals surface area contributed by atoms with Crippen LogP contribution in [0.4, 0.5) is 23.1 Å². The summed E-state index contributed by atoms with van der Waals surface area (Å²) in [5.74, 6) is 1.27. The minimum absolute atomic E-state index is 0.00300. The molecule has 4 N–H and O–H groups in total. The highest BCUT2D eigenvalue weighted by Gasteiger charge is 2.44. The number of piperidine rings is 1. The first-order chi connectivity index (χ1) is 14.0. The number of anilines is 4. The molecule has 1 fully saturated rings. The zero-order chi connectivity index (χ0) is 20.4. The molecule has 1 aromatic carbocycles. The maximum Gasteiger partial charge on any atom is 0.250 e. The number of nitrogens with zero attached hydrogens (tertiary/aromatic N) is 4. The Labute approximate surface area is 169 Å². The average molecular weight is 398 g/mol. The van der Waals surface area contributed by atoms with Gasteiger partial charge in [-0.3, -0.25) is 4.79 Å². The topological polar surface area (TPSA) is 114 Å². The lowest BCUT2D eigenvalue weighted by atomic mass is 9.84. The standard InChI is InChI=1S/C20H26N6O3/c1-25(12-14(28)13-27)17-6-9-21-19(23-17)26-10-7-20(8-11-26)18(29)22-15-4-2-3-5-16(15)24-20/h2-6,9,14,24,27-28H,7-8,10-13H2,1H3,(H,22,29)/t14-/m0/s1. The number of likely N-dealkylation sites (N-methyl/N-ethyl adjacent to an activating group) is 1. The number of amides is 1. The predicted molar refractivity (Wildman–Crippen MR) is 111 cm³/mol. The molecule has 0 saturated carbocycles. The third kappa shape index (κ3) is 3.83. The molecule has 9 heteroatoms. The molecule has 3 heterocycles. The van der Waals surface area contributed by atoms with E-state index in [9.17, 15) is 9.90 Å². The van der Waals surface area contributed by atoms with Crippen LogP contribution in [-0.2, 0) is 4.79 Å². The van der Waals surface area contributed by atoms with E-state index in [1.807, 2.05) is 31.3 Å². The van der Waals surface area contributed by atoms with Gasteiger partial charge in [-0.05, 0) is 31.0 Å². The van der Waals surface area contributed by atoms with Gasteiger partial charge >= 0.3 is 0 Å². The highest BCUT2D eigenvalue weighted by Crippen LogP contribution is 2.36. The van der Waals surface area contributed by atoms with E-state index >= 15 is 0 Å². The van der Waals surface area contributed by atoms with Gasteiger partial charge in [0.05, 0.1) is 24.1 Å². The summed E-state index contributed by atoms with van der Waals surface area (Å²) in [7, 11) is 1.81. The molecule has 154 valence electrons. The van der Waals surface area contributed by atoms with Crippen LogP contribution in [0.3, 0.4) is 0 Å². The molecule has 2 aromatic rings. The molecule has 4 rings (SSSR count). The molecule has 1 saturated heterocycles. The van der Waals surface area contributed by atoms with Crippen LogP contribution in [-0.4, -0.2) is 71.0 Å². The molecule has 0 unspecified atom stereocenters. The van der Waals surface area contributed by atoms with Crippen LogP contribution in [0.2, 0.25) is 0 Å². The second kappa shape index (κ2) is 7.84. The molecule has 1 amide bonds. The quantitative estimate of drug-likeness (QED) is 0.581. The molecule has 0 radical (unpaired) electrons. The van der Waals surface area contributed by atoms with E-state index in [1.54, 1.807) is 17.2 Å². The zero-order valence-corrected chi connectivity index (χ0v) is 16.4. The Morgan fingerprint density at radius 3 is 2.69 bits per heavy atom. The third-order valence-electron chi connectivity index (χ3n) is 5.60. The molecular weight excluding hydrogens is 372 g/mol. The first kappa shape index (κ1) is 19.4. The van der Waals surface area contributed by atoms with Crippen molar-refractivity contribution >= 4 is 29.0 Å². The first-order valence-electron chi connectivity index (χ1n) is 9.77. The highest BCUT2D eigenvalue weighted by atomic mass is 16.3. The molecule has 1 spiro atoms. The zero-order valence-electron chi connectivity index (χ0n) is 16.4. The van der Waals surface area contributed by atoms with Crippen LogP contribution < -0.4 is 20.4 Å². The summed E-state index contributed by atoms with van der Waals surface area (Å²) in [5, 5.41) is 25.2. The van der Waals surface area contributed by atoms with Crippen molar-refractivity contribution in [3.8, 4) is 0 Å². The number of fused-ring (bicyclic) bond motifs is 1. The van der Waals surface area contributed by atoms with E-state index in [-0.39, 0.29) is 19.1 Å². The average Bonchev–Trinajstić information content (AvgIpc) is 2.75. The Morgan fingerprint density at radius 2 is 1.97 bits per heavy atom. The van der Waals surface area contributed by atoms with Crippen LogP contribution in [0, 0.1) is 0 Å². The normalized spacial score (nSPS) is 18.6. The van der Waals surface area contributed by atoms with Crippen molar-refractivity contribution in [2.24, 2.45) is 0 Å². The lowest BCUT2D eigenvalue weighted by Gasteiger charge is -2.44. The fourth-order valence-corrected chi connectivity index (χ4v) is 3.87. The molecule has 2 aliphatic heterocycles. The molecule has 0 bridgehead atoms. The first-order valence-corrected chi connectivity index (χ1v) is 9.77. The van der Waals surface area contributed by atoms with Gasteiger partial charge in [-0.2, -0.15) is 4.98 Å². The Hall–Kier alpha value is -2.91. The van der Waals surface area contributed by atoms with Crippen LogP contribution in [0.25, 0.3) is 0 Å². The van der Waals surface area contributed by atoms with Gasteiger partial charge in [0.15, 0.2) is 0 Å². The Kier molecular flexibility index (Phi) is 5.25. The number of nitrogens with one attached hydrogen (secondary N) is 2. The summed E-state index contributed by atoms with van der Waals surface area (Å²) in [6, 6.07) is 9.50. The number of aromatic nitrogens is 2. The lowest BCUT2D eigenvalue weighted by molar-refractivity contribution is -0.121. The Morgan fingerprint density at radius 1 is 1.24 bits per heavy atom. The number of aliphatic hydroxyl groups is 2. The van der Waals surface area contributed by atoms with Crippen LogP contribution >= 0.6 is 0 Å². The molecule has 1 aromatic heterocycles. The third-order valence-corrected chi connectivity index (χ3v) is 5.60. The van der Waals surface area contributed by atoms with Crippen molar-refractivity contribution in [3.05, 3.63) is 36.5 Å². The van der Waals surface area contributed by atoms with Crippen LogP contribution in [0.5, 0.6) is 0 Å². The minimum atomic E-state index is -0.827. The summed E-state index contributed by atoms with van der Waals surface area (Å²) in [6.45, 7) is 1.28. The van der Waals surface area contributed by atoms with Gasteiger partial charge in [0.25, 0.3) is 0 Å². The fourth-order valence-electron chi connectivity index (χ4n) is 3.87. The van der Waals surface area contributed by atoms with Crippen molar-refractivity contribution < 1.29 is 15.0 Å². The monoisotopic (exact) mass is 398 g/mol. The van der Waals surface area contributed by atoms with Gasteiger partial charge in [-0.1, -0.05) is 12.1 Å². The number of carbonyl (C=O) groups is 1. The van der Waals surface area contributed by atoms with E-state index < -0.39 is 11.6 Å². The Balaban J connectivity index is 1.45. The summed E-state index contributed by atoms with van der Waals surface area (Å²) in [5.41, 5.74) is 1.14. The summed E-state index contributed by atoms with van der Waals surface area (Å²) < 4.78 is 0. The number of rotatable bonds is 5. The molecule has 0 aliphatic carbocycles. The summed E-state index contributed by atoms with van der Waals surface area (Å²) >= 11 is 0. The minimum Gasteiger partial charge on any atom is -0.394 e. The van der Waals surface area contributed by atoms with Crippen molar-refractivity contribution in [3.63, 3.8) is 0 Å². The largest absolute Gasteiger partial charge is 0.394 e. The lowest BCUT2D eigenvalue weighted by Crippen LogP contribution is -2.58. The van der Waals surface area contributed by atoms with Gasteiger partial charge in [0, 0.05) is 32.9 Å². The number of carbonyl (C=O) groups excluding carboxylic acids is 1. The SMILES string of the molecule is CN(C[C@H](O)CO)c1ccnc(N2CCC3(CC2)Nc2ccccc2NC3=O)n1. The van der Waals surface area contributed by atoms with Crippen LogP contribution in [0.1, 0.15) is 12.8 Å². The molecule has 2 aliphatic rings. The highest BCUT2D eigenvalue weighted by molar-refractivity contribution is 6.06. The van der Waals surface area contributed by atoms with Crippen LogP contribution in [0.15, 0.2) is 36.5 Å². The maximum absolute atomic E-state index is 12.8. The summed E-state index contributed by atoms with van der Waals surface area (Å²) in [4.78, 5) is 25.6. The second-order valence-corrected chi connectivity index (χ2v) is 7.63. The smallest absolute Gasteiger partial charge is 0.250 e. The van der Waals surface area contributed by atoms with Crippen molar-refractivity contribution in [2.45, 2.75) is 24.5 Å². The van der Waals surface area contributed by atoms with Gasteiger partial charge in [-0.25, -0.2) is 4.98 Å². The van der Waals surface area contributed by atoms with E-state index in [0.717, 1.165) is 11.4 Å². The fraction of sp³-hybridized carbons (Fsp3) is 0.450. The van der Waals surface area contributed by atoms with Crippen molar-refractivity contribution in [1.82, 2.24) is 9.97 Å².